The molecule has 2 heterocycles. The van der Waals surface area contributed by atoms with Gasteiger partial charge in [-0.1, -0.05) is 35.4 Å². The molecular formula is C15H13N5O2. The Hall–Kier alpha value is -3.22. The smallest absolute Gasteiger partial charge is 0.322 e. The van der Waals surface area contributed by atoms with Crippen molar-refractivity contribution in [2.24, 2.45) is 7.05 Å². The van der Waals surface area contributed by atoms with E-state index in [2.05, 4.69) is 20.6 Å². The van der Waals surface area contributed by atoms with Crippen LogP contribution in [0.1, 0.15) is 5.56 Å². The summed E-state index contributed by atoms with van der Waals surface area (Å²) < 4.78 is 6.97. The molecule has 0 aliphatic rings. The zero-order chi connectivity index (χ0) is 15.4. The van der Waals surface area contributed by atoms with Gasteiger partial charge in [0.1, 0.15) is 5.69 Å². The van der Waals surface area contributed by atoms with Gasteiger partial charge in [-0.05, 0) is 17.7 Å². The minimum Gasteiger partial charge on any atom is -0.401 e. The third kappa shape index (κ3) is 3.26. The van der Waals surface area contributed by atoms with Crippen molar-refractivity contribution in [3.05, 3.63) is 54.2 Å². The normalized spacial score (nSPS) is 11.0. The summed E-state index contributed by atoms with van der Waals surface area (Å²) in [6.07, 6.45) is 4.87. The second kappa shape index (κ2) is 6.04. The molecule has 7 nitrogen and oxygen atoms in total. The summed E-state index contributed by atoms with van der Waals surface area (Å²) in [5.74, 6) is -0.0944. The minimum atomic E-state index is -0.347. The number of carbonyl (C=O) groups excluding carboxylic acids is 1. The highest BCUT2D eigenvalue weighted by Crippen LogP contribution is 2.17. The van der Waals surface area contributed by atoms with Gasteiger partial charge in [0.25, 0.3) is 11.8 Å². The first kappa shape index (κ1) is 13.7. The minimum absolute atomic E-state index is 0.0309. The van der Waals surface area contributed by atoms with E-state index < -0.39 is 0 Å². The van der Waals surface area contributed by atoms with Gasteiger partial charge in [-0.3, -0.25) is 14.8 Å². The van der Waals surface area contributed by atoms with Crippen LogP contribution in [0.4, 0.5) is 6.01 Å². The van der Waals surface area contributed by atoms with Crippen molar-refractivity contribution < 1.29 is 9.21 Å². The predicted molar refractivity (Wildman–Crippen MR) is 80.6 cm³/mol. The highest BCUT2D eigenvalue weighted by atomic mass is 16.4. The van der Waals surface area contributed by atoms with E-state index in [1.807, 2.05) is 30.3 Å². The van der Waals surface area contributed by atoms with Gasteiger partial charge in [0.05, 0.1) is 0 Å². The fourth-order valence-corrected chi connectivity index (χ4v) is 1.79. The third-order valence-corrected chi connectivity index (χ3v) is 2.81. The topological polar surface area (TPSA) is 85.8 Å². The number of rotatable bonds is 4. The zero-order valence-corrected chi connectivity index (χ0v) is 11.8. The van der Waals surface area contributed by atoms with Crippen LogP contribution in [0.5, 0.6) is 0 Å². The summed E-state index contributed by atoms with van der Waals surface area (Å²) in [4.78, 5) is 11.8. The molecule has 7 heteroatoms. The van der Waals surface area contributed by atoms with Crippen molar-refractivity contribution in [2.75, 3.05) is 5.32 Å². The molecule has 0 radical (unpaired) electrons. The van der Waals surface area contributed by atoms with Gasteiger partial charge in [0.2, 0.25) is 0 Å². The van der Waals surface area contributed by atoms with Crippen LogP contribution >= 0.6 is 0 Å². The number of hydrogen-bond acceptors (Lipinski definition) is 5. The molecule has 1 amide bonds. The summed E-state index contributed by atoms with van der Waals surface area (Å²) in [7, 11) is 1.79. The van der Waals surface area contributed by atoms with Gasteiger partial charge in [-0.25, -0.2) is 0 Å². The lowest BCUT2D eigenvalue weighted by Crippen LogP contribution is -2.07. The van der Waals surface area contributed by atoms with E-state index >= 15 is 0 Å². The van der Waals surface area contributed by atoms with E-state index in [9.17, 15) is 4.79 Å². The van der Waals surface area contributed by atoms with E-state index in [0.29, 0.717) is 5.69 Å². The molecule has 3 aromatic rings. The summed E-state index contributed by atoms with van der Waals surface area (Å²) in [6, 6.07) is 11.3. The lowest BCUT2D eigenvalue weighted by molar-refractivity contribution is -0.112. The van der Waals surface area contributed by atoms with Gasteiger partial charge < -0.3 is 4.42 Å². The molecule has 0 atom stereocenters. The number of anilines is 1. The van der Waals surface area contributed by atoms with Crippen LogP contribution in [0.25, 0.3) is 17.7 Å². The van der Waals surface area contributed by atoms with Crippen LogP contribution < -0.4 is 5.32 Å². The van der Waals surface area contributed by atoms with Gasteiger partial charge >= 0.3 is 6.01 Å². The molecule has 2 aromatic heterocycles. The first-order chi connectivity index (χ1) is 10.7. The summed E-state index contributed by atoms with van der Waals surface area (Å²) >= 11 is 0. The SMILES string of the molecule is Cn1ccc(-c2nnc(NC(=O)C=Cc3ccccc3)o2)n1. The maximum atomic E-state index is 11.8. The molecule has 0 spiro atoms. The van der Waals surface area contributed by atoms with Crippen molar-refractivity contribution in [1.82, 2.24) is 20.0 Å². The molecule has 0 aliphatic carbocycles. The Morgan fingerprint density at radius 3 is 2.77 bits per heavy atom. The molecule has 110 valence electrons. The van der Waals surface area contributed by atoms with Crippen molar-refractivity contribution in [2.45, 2.75) is 0 Å². The van der Waals surface area contributed by atoms with Crippen LogP contribution in [-0.4, -0.2) is 25.9 Å². The van der Waals surface area contributed by atoms with Crippen molar-refractivity contribution in [1.29, 1.82) is 0 Å². The standard InChI is InChI=1S/C15H13N5O2/c1-20-10-9-12(19-20)14-17-18-15(22-14)16-13(21)8-7-11-5-3-2-4-6-11/h2-10H,1H3,(H,16,18,21). The Morgan fingerprint density at radius 1 is 1.23 bits per heavy atom. The fourth-order valence-electron chi connectivity index (χ4n) is 1.79. The zero-order valence-electron chi connectivity index (χ0n) is 11.8. The lowest BCUT2D eigenvalue weighted by atomic mass is 10.2. The number of amides is 1. The van der Waals surface area contributed by atoms with Gasteiger partial charge in [0.15, 0.2) is 0 Å². The largest absolute Gasteiger partial charge is 0.401 e. The number of aromatic nitrogens is 4. The second-order valence-electron chi connectivity index (χ2n) is 4.52. The van der Waals surface area contributed by atoms with Gasteiger partial charge in [0, 0.05) is 19.3 Å². The first-order valence-corrected chi connectivity index (χ1v) is 6.58. The van der Waals surface area contributed by atoms with E-state index in [1.54, 1.807) is 30.1 Å². The number of carbonyl (C=O) groups is 1. The Balaban J connectivity index is 1.65. The molecule has 0 unspecified atom stereocenters. The first-order valence-electron chi connectivity index (χ1n) is 6.58. The number of aryl methyl sites for hydroxylation is 1. The van der Waals surface area contributed by atoms with Crippen LogP contribution in [0.3, 0.4) is 0 Å². The fraction of sp³-hybridized carbons (Fsp3) is 0.0667. The number of nitrogens with one attached hydrogen (secondary N) is 1. The molecule has 0 saturated heterocycles. The Bertz CT molecular complexity index is 804. The summed E-state index contributed by atoms with van der Waals surface area (Å²) in [5, 5.41) is 14.3. The average molecular weight is 295 g/mol. The van der Waals surface area contributed by atoms with E-state index in [0.717, 1.165) is 5.56 Å². The number of benzene rings is 1. The second-order valence-corrected chi connectivity index (χ2v) is 4.52. The molecule has 22 heavy (non-hydrogen) atoms. The van der Waals surface area contributed by atoms with E-state index in [-0.39, 0.29) is 17.8 Å². The Labute approximate surface area is 126 Å². The molecule has 1 N–H and O–H groups in total. The van der Waals surface area contributed by atoms with Crippen LogP contribution in [-0.2, 0) is 11.8 Å². The summed E-state index contributed by atoms with van der Waals surface area (Å²) in [5.41, 5.74) is 1.48. The summed E-state index contributed by atoms with van der Waals surface area (Å²) in [6.45, 7) is 0. The third-order valence-electron chi connectivity index (χ3n) is 2.81. The van der Waals surface area contributed by atoms with Crippen molar-refractivity contribution in [3.63, 3.8) is 0 Å². The highest BCUT2D eigenvalue weighted by Gasteiger charge is 2.11. The van der Waals surface area contributed by atoms with Crippen LogP contribution in [0.2, 0.25) is 0 Å². The molecule has 0 fully saturated rings. The predicted octanol–water partition coefficient (Wildman–Crippen LogP) is 2.12. The van der Waals surface area contributed by atoms with Crippen molar-refractivity contribution >= 4 is 18.0 Å². The van der Waals surface area contributed by atoms with E-state index in [4.69, 9.17) is 4.42 Å². The molecule has 3 rings (SSSR count). The van der Waals surface area contributed by atoms with Crippen molar-refractivity contribution in [3.8, 4) is 11.6 Å². The number of nitrogens with zero attached hydrogens (tertiary/aromatic N) is 4. The monoisotopic (exact) mass is 295 g/mol. The number of hydrogen-bond donors (Lipinski definition) is 1. The lowest BCUT2D eigenvalue weighted by Gasteiger charge is -1.94. The average Bonchev–Trinajstić information content (AvgIpc) is 3.15. The van der Waals surface area contributed by atoms with Gasteiger partial charge in [-0.15, -0.1) is 5.10 Å². The Morgan fingerprint density at radius 2 is 2.05 bits per heavy atom. The highest BCUT2D eigenvalue weighted by molar-refractivity contribution is 6.00. The quantitative estimate of drug-likeness (QED) is 0.745. The van der Waals surface area contributed by atoms with Gasteiger partial charge in [-0.2, -0.15) is 5.10 Å². The van der Waals surface area contributed by atoms with Crippen LogP contribution in [0, 0.1) is 0 Å². The molecule has 1 aromatic carbocycles. The molecular weight excluding hydrogens is 282 g/mol. The molecule has 0 aliphatic heterocycles. The maximum Gasteiger partial charge on any atom is 0.322 e. The molecule has 0 bridgehead atoms. The van der Waals surface area contributed by atoms with E-state index in [1.165, 1.54) is 6.08 Å². The van der Waals surface area contributed by atoms with Crippen LogP contribution in [0.15, 0.2) is 53.1 Å². The Kier molecular flexibility index (Phi) is 3.78. The maximum absolute atomic E-state index is 11.8. The molecule has 0 saturated carbocycles.